The molecule has 1 saturated carbocycles. The highest BCUT2D eigenvalue weighted by Crippen LogP contribution is 2.54. The maximum Gasteiger partial charge on any atom is 0.230 e. The Morgan fingerprint density at radius 3 is 2.72 bits per heavy atom. The summed E-state index contributed by atoms with van der Waals surface area (Å²) in [6.45, 7) is 3.46. The summed E-state index contributed by atoms with van der Waals surface area (Å²) in [6.07, 6.45) is 1.06. The molecule has 3 atom stereocenters. The number of benzene rings is 2. The summed E-state index contributed by atoms with van der Waals surface area (Å²) in [6, 6.07) is 18.8. The van der Waals surface area contributed by atoms with Crippen LogP contribution in [0, 0.1) is 0 Å². The number of hydrogen-bond acceptors (Lipinski definition) is 6. The maximum absolute atomic E-state index is 5.89. The molecular formula is C23H26N4O2. The van der Waals surface area contributed by atoms with Crippen LogP contribution in [0.4, 0.5) is 0 Å². The quantitative estimate of drug-likeness (QED) is 0.695. The van der Waals surface area contributed by atoms with E-state index in [0.29, 0.717) is 18.4 Å². The predicted octanol–water partition coefficient (Wildman–Crippen LogP) is 3.50. The molecule has 0 radical (unpaired) electrons. The number of nitrogens with zero attached hydrogens (tertiary/aromatic N) is 3. The smallest absolute Gasteiger partial charge is 0.230 e. The molecular weight excluding hydrogens is 364 g/mol. The Kier molecular flexibility index (Phi) is 5.04. The molecule has 0 amide bonds. The van der Waals surface area contributed by atoms with Crippen LogP contribution < -0.4 is 10.1 Å². The average Bonchev–Trinajstić information content (AvgIpc) is 3.42. The Morgan fingerprint density at radius 1 is 1.10 bits per heavy atom. The lowest BCUT2D eigenvalue weighted by molar-refractivity contribution is 0.190. The van der Waals surface area contributed by atoms with Crippen molar-refractivity contribution < 1.29 is 9.26 Å². The Bertz CT molecular complexity index is 941. The molecule has 1 aliphatic heterocycles. The van der Waals surface area contributed by atoms with Gasteiger partial charge in [0.1, 0.15) is 12.4 Å². The van der Waals surface area contributed by atoms with Crippen LogP contribution in [0.5, 0.6) is 5.75 Å². The third-order valence-corrected chi connectivity index (χ3v) is 5.93. The number of ether oxygens (including phenoxy) is 1. The first-order valence-electron chi connectivity index (χ1n) is 10.3. The van der Waals surface area contributed by atoms with Crippen molar-refractivity contribution in [2.75, 3.05) is 26.7 Å². The van der Waals surface area contributed by atoms with Crippen LogP contribution in [-0.4, -0.2) is 41.7 Å². The lowest BCUT2D eigenvalue weighted by atomic mass is 10.1. The fraction of sp³-hybridized carbons (Fsp3) is 0.391. The monoisotopic (exact) mass is 390 g/mol. The highest BCUT2D eigenvalue weighted by Gasteiger charge is 2.44. The normalized spacial score (nSPS) is 24.4. The first-order valence-corrected chi connectivity index (χ1v) is 10.3. The highest BCUT2D eigenvalue weighted by atomic mass is 16.5. The van der Waals surface area contributed by atoms with Gasteiger partial charge in [-0.25, -0.2) is 0 Å². The zero-order valence-corrected chi connectivity index (χ0v) is 16.6. The van der Waals surface area contributed by atoms with E-state index in [2.05, 4.69) is 58.8 Å². The van der Waals surface area contributed by atoms with E-state index in [4.69, 9.17) is 14.2 Å². The van der Waals surface area contributed by atoms with Crippen LogP contribution in [0.3, 0.4) is 0 Å². The van der Waals surface area contributed by atoms with E-state index in [1.165, 1.54) is 11.1 Å². The van der Waals surface area contributed by atoms with Crippen molar-refractivity contribution in [1.29, 1.82) is 0 Å². The van der Waals surface area contributed by atoms with Crippen LogP contribution in [-0.2, 0) is 6.61 Å². The number of hydrogen-bond donors (Lipinski definition) is 1. The van der Waals surface area contributed by atoms with Gasteiger partial charge < -0.3 is 14.6 Å². The zero-order chi connectivity index (χ0) is 19.6. The van der Waals surface area contributed by atoms with E-state index in [1.807, 2.05) is 18.2 Å². The van der Waals surface area contributed by atoms with Gasteiger partial charge >= 0.3 is 0 Å². The molecule has 2 aliphatic rings. The molecule has 3 aromatic rings. The minimum Gasteiger partial charge on any atom is -0.489 e. The maximum atomic E-state index is 5.89. The van der Waals surface area contributed by atoms with E-state index in [1.54, 1.807) is 0 Å². The van der Waals surface area contributed by atoms with Gasteiger partial charge in [-0.3, -0.25) is 4.90 Å². The van der Waals surface area contributed by atoms with Gasteiger partial charge in [-0.15, -0.1) is 0 Å². The Hall–Kier alpha value is -2.70. The van der Waals surface area contributed by atoms with Crippen molar-refractivity contribution in [2.24, 2.45) is 0 Å². The van der Waals surface area contributed by atoms with E-state index in [0.717, 1.165) is 43.5 Å². The Labute approximate surface area is 170 Å². The molecule has 3 unspecified atom stereocenters. The highest BCUT2D eigenvalue weighted by molar-refractivity contribution is 5.35. The minimum atomic E-state index is 0.194. The van der Waals surface area contributed by atoms with Gasteiger partial charge in [-0.1, -0.05) is 47.6 Å². The van der Waals surface area contributed by atoms with Crippen molar-refractivity contribution in [3.63, 3.8) is 0 Å². The molecule has 2 fully saturated rings. The van der Waals surface area contributed by atoms with Crippen molar-refractivity contribution in [3.05, 3.63) is 77.4 Å². The second-order valence-electron chi connectivity index (χ2n) is 7.98. The summed E-state index contributed by atoms with van der Waals surface area (Å²) in [5.41, 5.74) is 2.48. The summed E-state index contributed by atoms with van der Waals surface area (Å²) in [7, 11) is 2.11. The van der Waals surface area contributed by atoms with Gasteiger partial charge in [0, 0.05) is 25.6 Å². The molecule has 2 aromatic carbocycles. The second kappa shape index (κ2) is 7.97. The molecule has 1 saturated heterocycles. The van der Waals surface area contributed by atoms with Gasteiger partial charge in [0.2, 0.25) is 5.89 Å². The van der Waals surface area contributed by atoms with Crippen molar-refractivity contribution in [3.8, 4) is 5.75 Å². The van der Waals surface area contributed by atoms with E-state index in [9.17, 15) is 0 Å². The van der Waals surface area contributed by atoms with E-state index < -0.39 is 0 Å². The van der Waals surface area contributed by atoms with Crippen LogP contribution >= 0.6 is 0 Å². The van der Waals surface area contributed by atoms with Crippen molar-refractivity contribution in [1.82, 2.24) is 20.4 Å². The average molecular weight is 390 g/mol. The number of likely N-dealkylation sites (N-methyl/N-ethyl adjacent to an activating group) is 1. The lowest BCUT2D eigenvalue weighted by Gasteiger charge is -2.30. The van der Waals surface area contributed by atoms with Crippen LogP contribution in [0.2, 0.25) is 0 Å². The molecule has 0 spiro atoms. The number of rotatable bonds is 6. The molecule has 150 valence electrons. The summed E-state index contributed by atoms with van der Waals surface area (Å²) >= 11 is 0. The first-order chi connectivity index (χ1) is 14.3. The van der Waals surface area contributed by atoms with Crippen LogP contribution in [0.25, 0.3) is 0 Å². The topological polar surface area (TPSA) is 63.4 Å². The van der Waals surface area contributed by atoms with Gasteiger partial charge in [0.15, 0.2) is 5.82 Å². The minimum absolute atomic E-state index is 0.194. The third-order valence-electron chi connectivity index (χ3n) is 5.93. The van der Waals surface area contributed by atoms with Gasteiger partial charge in [0.05, 0.1) is 6.04 Å². The van der Waals surface area contributed by atoms with Crippen molar-refractivity contribution >= 4 is 0 Å². The summed E-state index contributed by atoms with van der Waals surface area (Å²) in [5.74, 6) is 3.24. The Balaban J connectivity index is 1.19. The fourth-order valence-corrected chi connectivity index (χ4v) is 4.02. The van der Waals surface area contributed by atoms with Gasteiger partial charge in [-0.05, 0) is 42.6 Å². The SMILES string of the molecule is CN1CCNCC1c1noc(C2CC2c2ccc(OCc3ccccc3)cc2)n1. The molecule has 1 N–H and O–H groups in total. The van der Waals surface area contributed by atoms with Crippen LogP contribution in [0.1, 0.15) is 47.1 Å². The summed E-state index contributed by atoms with van der Waals surface area (Å²) in [4.78, 5) is 7.00. The van der Waals surface area contributed by atoms with Crippen molar-refractivity contribution in [2.45, 2.75) is 30.9 Å². The third kappa shape index (κ3) is 4.04. The molecule has 5 rings (SSSR count). The molecule has 6 nitrogen and oxygen atoms in total. The molecule has 1 aliphatic carbocycles. The molecule has 29 heavy (non-hydrogen) atoms. The molecule has 1 aromatic heterocycles. The van der Waals surface area contributed by atoms with E-state index >= 15 is 0 Å². The zero-order valence-electron chi connectivity index (χ0n) is 16.6. The predicted molar refractivity (Wildman–Crippen MR) is 110 cm³/mol. The van der Waals surface area contributed by atoms with E-state index in [-0.39, 0.29) is 6.04 Å². The number of piperazine rings is 1. The van der Waals surface area contributed by atoms with Gasteiger partial charge in [0.25, 0.3) is 0 Å². The second-order valence-corrected chi connectivity index (χ2v) is 7.98. The number of aromatic nitrogens is 2. The standard InChI is InChI=1S/C23H26N4O2/c1-27-12-11-24-14-21(27)22-25-23(29-26-22)20-13-19(20)17-7-9-18(10-8-17)28-15-16-5-3-2-4-6-16/h2-10,19-21,24H,11-15H2,1H3. The summed E-state index contributed by atoms with van der Waals surface area (Å²) < 4.78 is 11.5. The van der Waals surface area contributed by atoms with Gasteiger partial charge in [-0.2, -0.15) is 4.98 Å². The largest absolute Gasteiger partial charge is 0.489 e. The number of nitrogens with one attached hydrogen (secondary N) is 1. The summed E-state index contributed by atoms with van der Waals surface area (Å²) in [5, 5.41) is 7.66. The fourth-order valence-electron chi connectivity index (χ4n) is 4.02. The lowest BCUT2D eigenvalue weighted by Crippen LogP contribution is -2.44. The Morgan fingerprint density at radius 2 is 1.93 bits per heavy atom. The molecule has 6 heteroatoms. The molecule has 2 heterocycles. The molecule has 0 bridgehead atoms. The first kappa shape index (κ1) is 18.3. The van der Waals surface area contributed by atoms with Crippen LogP contribution in [0.15, 0.2) is 59.1 Å².